The number of hydrogen-bond donors (Lipinski definition) is 1. The van der Waals surface area contributed by atoms with Gasteiger partial charge in [-0.05, 0) is 109 Å². The van der Waals surface area contributed by atoms with E-state index in [0.717, 1.165) is 23.6 Å². The van der Waals surface area contributed by atoms with E-state index in [1.165, 1.54) is 4.90 Å². The van der Waals surface area contributed by atoms with E-state index in [9.17, 15) is 27.6 Å². The first-order valence-corrected chi connectivity index (χ1v) is 21.7. The number of esters is 1. The summed E-state index contributed by atoms with van der Waals surface area (Å²) < 4.78 is 46.1. The molecular weight excluding hydrogens is 735 g/mol. The molecule has 56 heavy (non-hydrogen) atoms. The van der Waals surface area contributed by atoms with Gasteiger partial charge in [0.2, 0.25) is 33.6 Å². The van der Waals surface area contributed by atoms with E-state index in [-0.39, 0.29) is 61.4 Å². The highest BCUT2D eigenvalue weighted by molar-refractivity contribution is 7.91. The molecule has 7 atom stereocenters. The number of nitrogens with one attached hydrogen (secondary N) is 1. The van der Waals surface area contributed by atoms with Crippen molar-refractivity contribution in [3.05, 3.63) is 42.5 Å². The van der Waals surface area contributed by atoms with E-state index in [1.807, 2.05) is 63.3 Å². The molecule has 0 bridgehead atoms. The molecule has 2 amide bonds. The number of amides is 2. The zero-order valence-corrected chi connectivity index (χ0v) is 34.9. The molecule has 2 aromatic rings. The average Bonchev–Trinajstić information content (AvgIpc) is 3.97. The molecule has 1 N–H and O–H groups in total. The normalized spacial score (nSPS) is 30.1. The quantitative estimate of drug-likeness (QED) is 0.214. The Kier molecular flexibility index (Phi) is 11.7. The van der Waals surface area contributed by atoms with E-state index < -0.39 is 55.7 Å². The van der Waals surface area contributed by atoms with Gasteiger partial charge in [0, 0.05) is 24.3 Å². The van der Waals surface area contributed by atoms with Crippen molar-refractivity contribution in [3.8, 4) is 11.8 Å². The molecule has 0 spiro atoms. The topological polar surface area (TPSA) is 158 Å². The third-order valence-corrected chi connectivity index (χ3v) is 14.1. The minimum atomic E-state index is -3.95. The van der Waals surface area contributed by atoms with Gasteiger partial charge in [0.05, 0.1) is 41.2 Å². The SMILES string of the molecule is CC(C)Oc1cc2ccccc2c(O[C@@H]2C[C@H]3C(=O)C[C@]4(C(=O)NS(=O)(=O)C5(C)CC5)C[C@H]4/C=C\CC[C@H](C)C[C@@H](C)[C@H](CC(=O)OC(C)(C)C)C(=O)N3C2)n1. The Morgan fingerprint density at radius 3 is 2.48 bits per heavy atom. The second-order valence-corrected chi connectivity index (χ2v) is 20.5. The molecule has 2 aliphatic heterocycles. The molecule has 0 unspecified atom stereocenters. The monoisotopic (exact) mass is 793 g/mol. The van der Waals surface area contributed by atoms with Crippen molar-refractivity contribution in [2.24, 2.45) is 29.1 Å². The van der Waals surface area contributed by atoms with Gasteiger partial charge in [-0.1, -0.05) is 44.2 Å². The van der Waals surface area contributed by atoms with Crippen molar-refractivity contribution >= 4 is 44.4 Å². The zero-order chi connectivity index (χ0) is 40.8. The fraction of sp³-hybridized carbons (Fsp3) is 0.651. The average molecular weight is 794 g/mol. The minimum Gasteiger partial charge on any atom is -0.475 e. The van der Waals surface area contributed by atoms with Gasteiger partial charge in [-0.3, -0.25) is 23.9 Å². The van der Waals surface area contributed by atoms with Gasteiger partial charge in [0.1, 0.15) is 11.7 Å². The summed E-state index contributed by atoms with van der Waals surface area (Å²) in [5.74, 6) is -2.31. The van der Waals surface area contributed by atoms with E-state index in [2.05, 4.69) is 11.6 Å². The zero-order valence-electron chi connectivity index (χ0n) is 34.1. The van der Waals surface area contributed by atoms with Gasteiger partial charge in [-0.15, -0.1) is 0 Å². The molecular formula is C43H59N3O9S. The number of aromatic nitrogens is 1. The highest BCUT2D eigenvalue weighted by atomic mass is 32.2. The van der Waals surface area contributed by atoms with Gasteiger partial charge >= 0.3 is 5.97 Å². The lowest BCUT2D eigenvalue weighted by Crippen LogP contribution is -2.48. The Bertz CT molecular complexity index is 1980. The summed E-state index contributed by atoms with van der Waals surface area (Å²) in [5.41, 5.74) is -2.02. The predicted octanol–water partition coefficient (Wildman–Crippen LogP) is 6.69. The fourth-order valence-corrected chi connectivity index (χ4v) is 9.67. The Balaban J connectivity index is 1.36. The summed E-state index contributed by atoms with van der Waals surface area (Å²) in [4.78, 5) is 63.2. The lowest BCUT2D eigenvalue weighted by Gasteiger charge is -2.32. The molecule has 1 saturated heterocycles. The minimum absolute atomic E-state index is 0.0445. The van der Waals surface area contributed by atoms with Crippen molar-refractivity contribution in [1.82, 2.24) is 14.6 Å². The first-order valence-electron chi connectivity index (χ1n) is 20.2. The number of rotatable bonds is 9. The lowest BCUT2D eigenvalue weighted by atomic mass is 9.82. The summed E-state index contributed by atoms with van der Waals surface area (Å²) in [6.45, 7) is 14.9. The number of hydrogen-bond acceptors (Lipinski definition) is 10. The highest BCUT2D eigenvalue weighted by Crippen LogP contribution is 2.57. The second kappa shape index (κ2) is 15.7. The van der Waals surface area contributed by atoms with Crippen LogP contribution in [0.15, 0.2) is 42.5 Å². The maximum Gasteiger partial charge on any atom is 0.307 e. The molecule has 6 rings (SSSR count). The van der Waals surface area contributed by atoms with Crippen LogP contribution in [0.4, 0.5) is 0 Å². The standard InChI is InChI=1S/C43H59N3O9S/c1-26(2)53-36-20-29-14-10-12-16-32(29)38(44-36)54-31-21-34-35(47)24-43(40(50)45-56(51,52)42(8)17-18-42)23-30(43)15-11-9-13-27(3)19-28(4)33(39(49)46(34)25-31)22-37(48)55-41(5,6)7/h10-12,14-16,20,26-28,30-31,33-34H,9,13,17-19,21-25H2,1-8H3,(H,45,50)/b15-11-/t27-,28+,30+,31+,33-,34-,43+/m0/s1. The molecule has 2 aliphatic carbocycles. The summed E-state index contributed by atoms with van der Waals surface area (Å²) in [6.07, 6.45) is 6.33. The molecule has 1 aromatic heterocycles. The number of ether oxygens (including phenoxy) is 3. The van der Waals surface area contributed by atoms with Crippen LogP contribution >= 0.6 is 0 Å². The highest BCUT2D eigenvalue weighted by Gasteiger charge is 2.62. The Labute approximate surface area is 331 Å². The van der Waals surface area contributed by atoms with Crippen molar-refractivity contribution in [2.45, 2.75) is 142 Å². The van der Waals surface area contributed by atoms with E-state index in [0.29, 0.717) is 37.4 Å². The number of pyridine rings is 1. The van der Waals surface area contributed by atoms with E-state index in [1.54, 1.807) is 27.7 Å². The molecule has 4 aliphatic rings. The predicted molar refractivity (Wildman–Crippen MR) is 212 cm³/mol. The van der Waals surface area contributed by atoms with Crippen LogP contribution < -0.4 is 14.2 Å². The molecule has 12 nitrogen and oxygen atoms in total. The first-order chi connectivity index (χ1) is 26.2. The largest absolute Gasteiger partial charge is 0.475 e. The van der Waals surface area contributed by atoms with Gasteiger partial charge in [-0.2, -0.15) is 4.98 Å². The molecule has 1 aromatic carbocycles. The Morgan fingerprint density at radius 1 is 1.09 bits per heavy atom. The van der Waals surface area contributed by atoms with Crippen LogP contribution in [0.1, 0.15) is 113 Å². The second-order valence-electron chi connectivity index (χ2n) is 18.4. The summed E-state index contributed by atoms with van der Waals surface area (Å²) >= 11 is 0. The van der Waals surface area contributed by atoms with Crippen LogP contribution in [-0.4, -0.2) is 77.0 Å². The number of carbonyl (C=O) groups excluding carboxylic acids is 4. The van der Waals surface area contributed by atoms with Gasteiger partial charge in [-0.25, -0.2) is 8.42 Å². The number of benzene rings is 1. The van der Waals surface area contributed by atoms with Crippen molar-refractivity contribution in [3.63, 3.8) is 0 Å². The van der Waals surface area contributed by atoms with Crippen LogP contribution in [0.3, 0.4) is 0 Å². The number of fused-ring (bicyclic) bond motifs is 3. The molecule has 3 heterocycles. The number of nitrogens with zero attached hydrogens (tertiary/aromatic N) is 2. The van der Waals surface area contributed by atoms with Crippen LogP contribution in [0.25, 0.3) is 10.8 Å². The summed E-state index contributed by atoms with van der Waals surface area (Å²) in [6, 6.07) is 8.46. The molecule has 306 valence electrons. The Hall–Kier alpha value is -4.00. The Morgan fingerprint density at radius 2 is 1.80 bits per heavy atom. The third kappa shape index (κ3) is 9.24. The van der Waals surface area contributed by atoms with Gasteiger partial charge < -0.3 is 19.1 Å². The van der Waals surface area contributed by atoms with Crippen LogP contribution in [0, 0.1) is 29.1 Å². The van der Waals surface area contributed by atoms with Gasteiger partial charge in [0.25, 0.3) is 0 Å². The maximum absolute atomic E-state index is 14.9. The van der Waals surface area contributed by atoms with Crippen molar-refractivity contribution in [2.75, 3.05) is 6.54 Å². The summed E-state index contributed by atoms with van der Waals surface area (Å²) in [7, 11) is -3.95. The van der Waals surface area contributed by atoms with E-state index >= 15 is 0 Å². The fourth-order valence-electron chi connectivity index (χ4n) is 8.34. The molecule has 3 fully saturated rings. The number of allylic oxidation sites excluding steroid dienone is 2. The number of ketones is 1. The maximum atomic E-state index is 14.9. The smallest absolute Gasteiger partial charge is 0.307 e. The number of carbonyl (C=O) groups is 4. The number of Topliss-reactive ketones (excluding diaryl/α,β-unsaturated/α-hetero) is 1. The van der Waals surface area contributed by atoms with Crippen LogP contribution in [-0.2, 0) is 33.9 Å². The van der Waals surface area contributed by atoms with Gasteiger partial charge in [0.15, 0.2) is 5.78 Å². The summed E-state index contributed by atoms with van der Waals surface area (Å²) in [5, 5.41) is 1.59. The molecule has 0 radical (unpaired) electrons. The first kappa shape index (κ1) is 41.6. The third-order valence-electron chi connectivity index (χ3n) is 11.9. The van der Waals surface area contributed by atoms with Crippen LogP contribution in [0.5, 0.6) is 11.8 Å². The number of sulfonamides is 1. The van der Waals surface area contributed by atoms with Crippen molar-refractivity contribution < 1.29 is 41.8 Å². The molecule has 13 heteroatoms. The molecule has 2 saturated carbocycles. The van der Waals surface area contributed by atoms with Crippen LogP contribution in [0.2, 0.25) is 0 Å². The van der Waals surface area contributed by atoms with Crippen molar-refractivity contribution in [1.29, 1.82) is 0 Å². The lowest BCUT2D eigenvalue weighted by molar-refractivity contribution is -0.160. The van der Waals surface area contributed by atoms with E-state index in [4.69, 9.17) is 19.2 Å².